The number of nitrogens with zero attached hydrogens (tertiary/aromatic N) is 4. The Balaban J connectivity index is 1.25. The molecule has 0 saturated carbocycles. The number of benzene rings is 2. The number of H-pyrrole nitrogens is 1. The van der Waals surface area contributed by atoms with Gasteiger partial charge in [0.1, 0.15) is 11.6 Å². The second kappa shape index (κ2) is 9.77. The lowest BCUT2D eigenvalue weighted by Gasteiger charge is -2.31. The molecule has 0 unspecified atom stereocenters. The standard InChI is InChI=1S/C26H28FN5O2/c27-21-7-5-20(6-8-21)18-32-23-4-2-1-3-22(23)29-24(32)17-19-10-13-30(14-11-19)15-16-31-25(33)9-12-28-26(31)34/h1-9,12,19H,10-11,13-18H2,(H,28,34). The maximum Gasteiger partial charge on any atom is 0.328 e. The number of fused-ring (bicyclic) bond motifs is 1. The van der Waals surface area contributed by atoms with Crippen LogP contribution in [0, 0.1) is 11.7 Å². The molecule has 0 amide bonds. The van der Waals surface area contributed by atoms with Crippen molar-refractivity contribution in [2.45, 2.75) is 32.4 Å². The first-order chi connectivity index (χ1) is 16.6. The van der Waals surface area contributed by atoms with Crippen LogP contribution in [0.2, 0.25) is 0 Å². The summed E-state index contributed by atoms with van der Waals surface area (Å²) < 4.78 is 16.9. The van der Waals surface area contributed by atoms with E-state index in [9.17, 15) is 14.0 Å². The number of aromatic amines is 1. The van der Waals surface area contributed by atoms with Crippen LogP contribution in [0.1, 0.15) is 24.2 Å². The highest BCUT2D eigenvalue weighted by Gasteiger charge is 2.22. The smallest absolute Gasteiger partial charge is 0.323 e. The molecule has 0 bridgehead atoms. The minimum absolute atomic E-state index is 0.229. The summed E-state index contributed by atoms with van der Waals surface area (Å²) in [6, 6.07) is 16.2. The van der Waals surface area contributed by atoms with Crippen molar-refractivity contribution in [2.75, 3.05) is 19.6 Å². The molecule has 1 aliphatic heterocycles. The van der Waals surface area contributed by atoms with Crippen LogP contribution in [0.15, 0.2) is 70.4 Å². The minimum Gasteiger partial charge on any atom is -0.323 e. The van der Waals surface area contributed by atoms with Crippen molar-refractivity contribution >= 4 is 11.0 Å². The first-order valence-corrected chi connectivity index (χ1v) is 11.8. The first kappa shape index (κ1) is 22.3. The maximum absolute atomic E-state index is 13.4. The van der Waals surface area contributed by atoms with Crippen LogP contribution in [-0.2, 0) is 19.5 Å². The fourth-order valence-corrected chi connectivity index (χ4v) is 4.81. The van der Waals surface area contributed by atoms with E-state index in [1.807, 2.05) is 30.3 Å². The molecule has 0 aliphatic carbocycles. The molecule has 34 heavy (non-hydrogen) atoms. The van der Waals surface area contributed by atoms with Gasteiger partial charge in [0.25, 0.3) is 5.56 Å². The molecule has 0 radical (unpaired) electrons. The van der Waals surface area contributed by atoms with Gasteiger partial charge in [-0.3, -0.25) is 9.36 Å². The van der Waals surface area contributed by atoms with Gasteiger partial charge >= 0.3 is 5.69 Å². The largest absolute Gasteiger partial charge is 0.328 e. The molecule has 176 valence electrons. The highest BCUT2D eigenvalue weighted by molar-refractivity contribution is 5.76. The summed E-state index contributed by atoms with van der Waals surface area (Å²) in [4.78, 5) is 33.6. The summed E-state index contributed by atoms with van der Waals surface area (Å²) in [7, 11) is 0. The zero-order chi connectivity index (χ0) is 23.5. The number of halogens is 1. The van der Waals surface area contributed by atoms with Crippen LogP contribution in [-0.4, -0.2) is 43.6 Å². The Bertz CT molecular complexity index is 1350. The van der Waals surface area contributed by atoms with E-state index in [4.69, 9.17) is 4.98 Å². The van der Waals surface area contributed by atoms with Crippen LogP contribution in [0.4, 0.5) is 4.39 Å². The van der Waals surface area contributed by atoms with E-state index in [0.717, 1.165) is 54.8 Å². The van der Waals surface area contributed by atoms with Crippen LogP contribution in [0.25, 0.3) is 11.0 Å². The van der Waals surface area contributed by atoms with Crippen LogP contribution in [0.5, 0.6) is 0 Å². The molecule has 0 atom stereocenters. The van der Waals surface area contributed by atoms with Gasteiger partial charge in [0, 0.05) is 38.3 Å². The van der Waals surface area contributed by atoms with Gasteiger partial charge in [-0.1, -0.05) is 24.3 Å². The Morgan fingerprint density at radius 3 is 2.47 bits per heavy atom. The fourth-order valence-electron chi connectivity index (χ4n) is 4.81. The van der Waals surface area contributed by atoms with Gasteiger partial charge in [-0.05, 0) is 61.7 Å². The normalized spacial score (nSPS) is 15.2. The molecule has 2 aromatic heterocycles. The van der Waals surface area contributed by atoms with Gasteiger partial charge < -0.3 is 14.5 Å². The van der Waals surface area contributed by atoms with E-state index in [1.54, 1.807) is 0 Å². The van der Waals surface area contributed by atoms with Crippen molar-refractivity contribution in [3.8, 4) is 0 Å². The molecule has 8 heteroatoms. The molecule has 1 fully saturated rings. The highest BCUT2D eigenvalue weighted by Crippen LogP contribution is 2.25. The Hall–Kier alpha value is -3.52. The number of para-hydroxylation sites is 2. The summed E-state index contributed by atoms with van der Waals surface area (Å²) in [5.74, 6) is 1.35. The van der Waals surface area contributed by atoms with Crippen molar-refractivity contribution in [2.24, 2.45) is 5.92 Å². The van der Waals surface area contributed by atoms with Crippen molar-refractivity contribution in [1.82, 2.24) is 24.0 Å². The Kier molecular flexibility index (Phi) is 6.40. The third-order valence-electron chi connectivity index (χ3n) is 6.75. The van der Waals surface area contributed by atoms with Crippen molar-refractivity contribution in [1.29, 1.82) is 0 Å². The fraction of sp³-hybridized carbons (Fsp3) is 0.346. The zero-order valence-electron chi connectivity index (χ0n) is 19.0. The van der Waals surface area contributed by atoms with E-state index < -0.39 is 0 Å². The predicted molar refractivity (Wildman–Crippen MR) is 129 cm³/mol. The van der Waals surface area contributed by atoms with E-state index in [0.29, 0.717) is 25.6 Å². The van der Waals surface area contributed by atoms with Gasteiger partial charge in [0.2, 0.25) is 0 Å². The number of piperidine rings is 1. The topological polar surface area (TPSA) is 75.9 Å². The zero-order valence-corrected chi connectivity index (χ0v) is 19.0. The highest BCUT2D eigenvalue weighted by atomic mass is 19.1. The second-order valence-electron chi connectivity index (χ2n) is 8.99. The summed E-state index contributed by atoms with van der Waals surface area (Å²) in [6.45, 7) is 3.61. The van der Waals surface area contributed by atoms with E-state index in [2.05, 4.69) is 20.5 Å². The minimum atomic E-state index is -0.359. The van der Waals surface area contributed by atoms with Crippen LogP contribution >= 0.6 is 0 Å². The number of aromatic nitrogens is 4. The third-order valence-corrected chi connectivity index (χ3v) is 6.75. The number of rotatable bonds is 7. The molecule has 0 spiro atoms. The molecule has 3 heterocycles. The number of hydrogen-bond donors (Lipinski definition) is 1. The summed E-state index contributed by atoms with van der Waals surface area (Å²) >= 11 is 0. The van der Waals surface area contributed by atoms with E-state index >= 15 is 0 Å². The number of likely N-dealkylation sites (tertiary alicyclic amines) is 1. The van der Waals surface area contributed by atoms with E-state index in [-0.39, 0.29) is 17.1 Å². The van der Waals surface area contributed by atoms with Crippen molar-refractivity contribution in [3.05, 3.63) is 98.8 Å². The SMILES string of the molecule is O=c1cc[nH]c(=O)n1CCN1CCC(Cc2nc3ccccc3n2Cc2ccc(F)cc2)CC1. The van der Waals surface area contributed by atoms with Gasteiger partial charge in [-0.25, -0.2) is 14.2 Å². The van der Waals surface area contributed by atoms with Gasteiger partial charge in [0.05, 0.1) is 11.0 Å². The Morgan fingerprint density at radius 1 is 0.941 bits per heavy atom. The summed E-state index contributed by atoms with van der Waals surface area (Å²) in [5.41, 5.74) is 2.50. The van der Waals surface area contributed by atoms with E-state index in [1.165, 1.54) is 29.0 Å². The molecular formula is C26H28FN5O2. The average Bonchev–Trinajstić information content (AvgIpc) is 3.18. The summed E-state index contributed by atoms with van der Waals surface area (Å²) in [6.07, 6.45) is 4.36. The lowest BCUT2D eigenvalue weighted by Crippen LogP contribution is -2.41. The number of nitrogens with one attached hydrogen (secondary N) is 1. The molecule has 7 nitrogen and oxygen atoms in total. The van der Waals surface area contributed by atoms with Crippen molar-refractivity contribution < 1.29 is 4.39 Å². The first-order valence-electron chi connectivity index (χ1n) is 11.8. The quantitative estimate of drug-likeness (QED) is 0.459. The monoisotopic (exact) mass is 461 g/mol. The maximum atomic E-state index is 13.4. The Labute approximate surface area is 196 Å². The number of hydrogen-bond acceptors (Lipinski definition) is 4. The lowest BCUT2D eigenvalue weighted by molar-refractivity contribution is 0.176. The molecule has 5 rings (SSSR count). The average molecular weight is 462 g/mol. The van der Waals surface area contributed by atoms with Gasteiger partial charge in [-0.2, -0.15) is 0 Å². The molecule has 1 N–H and O–H groups in total. The van der Waals surface area contributed by atoms with Crippen molar-refractivity contribution in [3.63, 3.8) is 0 Å². The third kappa shape index (κ3) is 4.87. The Morgan fingerprint density at radius 2 is 1.71 bits per heavy atom. The molecule has 4 aromatic rings. The number of imidazole rings is 1. The second-order valence-corrected chi connectivity index (χ2v) is 8.99. The summed E-state index contributed by atoms with van der Waals surface area (Å²) in [5, 5.41) is 0. The van der Waals surface area contributed by atoms with Gasteiger partial charge in [-0.15, -0.1) is 0 Å². The molecule has 1 saturated heterocycles. The lowest BCUT2D eigenvalue weighted by atomic mass is 9.93. The van der Waals surface area contributed by atoms with Crippen LogP contribution < -0.4 is 11.2 Å². The van der Waals surface area contributed by atoms with Gasteiger partial charge in [0.15, 0.2) is 0 Å². The predicted octanol–water partition coefficient (Wildman–Crippen LogP) is 3.03. The molecule has 2 aromatic carbocycles. The van der Waals surface area contributed by atoms with Crippen LogP contribution in [0.3, 0.4) is 0 Å². The molecule has 1 aliphatic rings. The molecular weight excluding hydrogens is 433 g/mol.